The molecule has 0 spiro atoms. The van der Waals surface area contributed by atoms with E-state index in [1.54, 1.807) is 12.1 Å². The van der Waals surface area contributed by atoms with Crippen LogP contribution in [0.3, 0.4) is 0 Å². The summed E-state index contributed by atoms with van der Waals surface area (Å²) in [5.41, 5.74) is 4.32. The Morgan fingerprint density at radius 3 is 2.60 bits per heavy atom. The third kappa shape index (κ3) is 3.89. The molecule has 1 aromatic heterocycles. The van der Waals surface area contributed by atoms with Crippen LogP contribution in [-0.2, 0) is 6.42 Å². The zero-order valence-electron chi connectivity index (χ0n) is 11.5. The SMILES string of the molecule is Cc1cc(NC(C)Cc2ccc(F)cc2)nc(NN)n1. The number of aryl methyl sites for hydroxylation is 1. The van der Waals surface area contributed by atoms with E-state index in [0.717, 1.165) is 17.7 Å². The molecule has 1 aromatic carbocycles. The van der Waals surface area contributed by atoms with Gasteiger partial charge in [-0.3, -0.25) is 5.43 Å². The maximum absolute atomic E-state index is 12.8. The fraction of sp³-hybridized carbons (Fsp3) is 0.286. The van der Waals surface area contributed by atoms with Crippen molar-refractivity contribution in [3.8, 4) is 0 Å². The highest BCUT2D eigenvalue weighted by atomic mass is 19.1. The summed E-state index contributed by atoms with van der Waals surface area (Å²) in [6, 6.07) is 8.50. The number of nitrogen functional groups attached to an aromatic ring is 1. The number of nitrogens with one attached hydrogen (secondary N) is 2. The number of aromatic nitrogens is 2. The van der Waals surface area contributed by atoms with Crippen molar-refractivity contribution < 1.29 is 4.39 Å². The van der Waals surface area contributed by atoms with E-state index in [2.05, 4.69) is 20.7 Å². The Bertz CT molecular complexity index is 570. The van der Waals surface area contributed by atoms with Gasteiger partial charge in [0.25, 0.3) is 0 Å². The molecule has 0 saturated carbocycles. The van der Waals surface area contributed by atoms with E-state index in [0.29, 0.717) is 11.8 Å². The van der Waals surface area contributed by atoms with Crippen LogP contribution in [0.15, 0.2) is 30.3 Å². The fourth-order valence-corrected chi connectivity index (χ4v) is 1.98. The molecule has 2 aromatic rings. The van der Waals surface area contributed by atoms with Gasteiger partial charge in [0.15, 0.2) is 0 Å². The lowest BCUT2D eigenvalue weighted by molar-refractivity contribution is 0.626. The number of anilines is 2. The maximum Gasteiger partial charge on any atom is 0.239 e. The van der Waals surface area contributed by atoms with Gasteiger partial charge in [0.2, 0.25) is 5.95 Å². The van der Waals surface area contributed by atoms with Crippen LogP contribution in [0.5, 0.6) is 0 Å². The summed E-state index contributed by atoms with van der Waals surface area (Å²) >= 11 is 0. The van der Waals surface area contributed by atoms with Crippen molar-refractivity contribution >= 4 is 11.8 Å². The fourth-order valence-electron chi connectivity index (χ4n) is 1.98. The molecular formula is C14H18FN5. The van der Waals surface area contributed by atoms with Gasteiger partial charge >= 0.3 is 0 Å². The number of halogens is 1. The zero-order chi connectivity index (χ0) is 14.5. The van der Waals surface area contributed by atoms with Crippen LogP contribution in [0.25, 0.3) is 0 Å². The van der Waals surface area contributed by atoms with Crippen LogP contribution in [0.4, 0.5) is 16.2 Å². The van der Waals surface area contributed by atoms with Gasteiger partial charge in [-0.1, -0.05) is 12.1 Å². The summed E-state index contributed by atoms with van der Waals surface area (Å²) in [6.45, 7) is 3.91. The lowest BCUT2D eigenvalue weighted by Gasteiger charge is -2.15. The monoisotopic (exact) mass is 275 g/mol. The molecule has 0 aliphatic heterocycles. The van der Waals surface area contributed by atoms with Gasteiger partial charge in [-0.15, -0.1) is 0 Å². The molecule has 0 amide bonds. The van der Waals surface area contributed by atoms with Gasteiger partial charge in [0.1, 0.15) is 11.6 Å². The largest absolute Gasteiger partial charge is 0.367 e. The van der Waals surface area contributed by atoms with Gasteiger partial charge in [0.05, 0.1) is 0 Å². The molecule has 6 heteroatoms. The molecule has 0 bridgehead atoms. The zero-order valence-corrected chi connectivity index (χ0v) is 11.5. The van der Waals surface area contributed by atoms with E-state index >= 15 is 0 Å². The van der Waals surface area contributed by atoms with Crippen molar-refractivity contribution in [3.05, 3.63) is 47.4 Å². The Labute approximate surface area is 117 Å². The molecule has 2 rings (SSSR count). The van der Waals surface area contributed by atoms with Crippen LogP contribution in [0, 0.1) is 12.7 Å². The van der Waals surface area contributed by atoms with Gasteiger partial charge in [0, 0.05) is 17.8 Å². The summed E-state index contributed by atoms with van der Waals surface area (Å²) in [6.07, 6.45) is 0.773. The standard InChI is InChI=1S/C14H18FN5/c1-9(7-11-3-5-12(15)6-4-11)17-13-8-10(2)18-14(19-13)20-16/h3-6,8-9H,7,16H2,1-2H3,(H2,17,18,19,20). The molecule has 0 radical (unpaired) electrons. The van der Waals surface area contributed by atoms with E-state index < -0.39 is 0 Å². The molecule has 0 aliphatic rings. The Balaban J connectivity index is 2.02. The molecule has 1 unspecified atom stereocenters. The highest BCUT2D eigenvalue weighted by Gasteiger charge is 2.07. The first-order chi connectivity index (χ1) is 9.56. The molecule has 106 valence electrons. The first-order valence-corrected chi connectivity index (χ1v) is 6.40. The number of rotatable bonds is 5. The van der Waals surface area contributed by atoms with Crippen molar-refractivity contribution in [2.24, 2.45) is 5.84 Å². The molecule has 0 aliphatic carbocycles. The van der Waals surface area contributed by atoms with Crippen LogP contribution in [0.1, 0.15) is 18.2 Å². The smallest absolute Gasteiger partial charge is 0.239 e. The third-order valence-corrected chi connectivity index (χ3v) is 2.83. The van der Waals surface area contributed by atoms with Gasteiger partial charge in [-0.05, 0) is 38.0 Å². The number of nitrogens with zero attached hydrogens (tertiary/aromatic N) is 2. The lowest BCUT2D eigenvalue weighted by atomic mass is 10.1. The Morgan fingerprint density at radius 1 is 1.25 bits per heavy atom. The second-order valence-corrected chi connectivity index (χ2v) is 4.74. The molecule has 4 N–H and O–H groups in total. The number of nitrogens with two attached hydrogens (primary N) is 1. The van der Waals surface area contributed by atoms with Crippen LogP contribution >= 0.6 is 0 Å². The molecule has 20 heavy (non-hydrogen) atoms. The lowest BCUT2D eigenvalue weighted by Crippen LogP contribution is -2.20. The predicted molar refractivity (Wildman–Crippen MR) is 77.8 cm³/mol. The Morgan fingerprint density at radius 2 is 1.95 bits per heavy atom. The van der Waals surface area contributed by atoms with Crippen molar-refractivity contribution in [2.75, 3.05) is 10.7 Å². The molecule has 0 saturated heterocycles. The minimum Gasteiger partial charge on any atom is -0.367 e. The molecule has 1 atom stereocenters. The summed E-state index contributed by atoms with van der Waals surface area (Å²) in [7, 11) is 0. The Hall–Kier alpha value is -2.21. The van der Waals surface area contributed by atoms with Gasteiger partial charge < -0.3 is 5.32 Å². The second-order valence-electron chi connectivity index (χ2n) is 4.74. The summed E-state index contributed by atoms with van der Waals surface area (Å²) in [4.78, 5) is 8.35. The van der Waals surface area contributed by atoms with E-state index in [9.17, 15) is 4.39 Å². The average molecular weight is 275 g/mol. The van der Waals surface area contributed by atoms with E-state index in [4.69, 9.17) is 5.84 Å². The van der Waals surface area contributed by atoms with Gasteiger partial charge in [-0.25, -0.2) is 15.2 Å². The third-order valence-electron chi connectivity index (χ3n) is 2.83. The molecule has 1 heterocycles. The predicted octanol–water partition coefficient (Wildman–Crippen LogP) is 2.25. The Kier molecular flexibility index (Phi) is 4.47. The number of hydrogen-bond donors (Lipinski definition) is 3. The summed E-state index contributed by atoms with van der Waals surface area (Å²) in [5.74, 6) is 6.18. The van der Waals surface area contributed by atoms with Gasteiger partial charge in [-0.2, -0.15) is 4.98 Å². The van der Waals surface area contributed by atoms with Crippen molar-refractivity contribution in [2.45, 2.75) is 26.3 Å². The topological polar surface area (TPSA) is 75.9 Å². The average Bonchev–Trinajstić information content (AvgIpc) is 2.40. The highest BCUT2D eigenvalue weighted by Crippen LogP contribution is 2.12. The number of benzene rings is 1. The second kappa shape index (κ2) is 6.29. The number of hydrazine groups is 1. The summed E-state index contributed by atoms with van der Waals surface area (Å²) < 4.78 is 12.8. The minimum absolute atomic E-state index is 0.153. The summed E-state index contributed by atoms with van der Waals surface area (Å²) in [5, 5.41) is 3.28. The highest BCUT2D eigenvalue weighted by molar-refractivity contribution is 5.42. The first kappa shape index (κ1) is 14.2. The van der Waals surface area contributed by atoms with Crippen LogP contribution in [-0.4, -0.2) is 16.0 Å². The van der Waals surface area contributed by atoms with E-state index in [-0.39, 0.29) is 11.9 Å². The quantitative estimate of drug-likeness (QED) is 0.576. The molecule has 0 fully saturated rings. The van der Waals surface area contributed by atoms with Crippen LogP contribution in [0.2, 0.25) is 0 Å². The molecular weight excluding hydrogens is 257 g/mol. The number of hydrogen-bond acceptors (Lipinski definition) is 5. The first-order valence-electron chi connectivity index (χ1n) is 6.40. The van der Waals surface area contributed by atoms with Crippen molar-refractivity contribution in [3.63, 3.8) is 0 Å². The molecule has 5 nitrogen and oxygen atoms in total. The van der Waals surface area contributed by atoms with E-state index in [1.807, 2.05) is 19.9 Å². The minimum atomic E-state index is -0.223. The normalized spacial score (nSPS) is 12.0. The van der Waals surface area contributed by atoms with Crippen molar-refractivity contribution in [1.82, 2.24) is 9.97 Å². The van der Waals surface area contributed by atoms with Crippen molar-refractivity contribution in [1.29, 1.82) is 0 Å². The maximum atomic E-state index is 12.8. The van der Waals surface area contributed by atoms with E-state index in [1.165, 1.54) is 12.1 Å². The van der Waals surface area contributed by atoms with Crippen LogP contribution < -0.4 is 16.6 Å².